The molecule has 4 heteroatoms. The van der Waals surface area contributed by atoms with Crippen LogP contribution >= 0.6 is 0 Å². The van der Waals surface area contributed by atoms with Gasteiger partial charge in [0.2, 0.25) is 0 Å². The second kappa shape index (κ2) is 7.56. The number of hydrogen-bond donors (Lipinski definition) is 1. The predicted octanol–water partition coefficient (Wildman–Crippen LogP) is 1.09. The molecule has 0 saturated heterocycles. The molecule has 0 aromatic rings. The summed E-state index contributed by atoms with van der Waals surface area (Å²) >= 11 is 0. The third-order valence-corrected chi connectivity index (χ3v) is 1.85. The summed E-state index contributed by atoms with van der Waals surface area (Å²) in [4.78, 5) is 12.3. The highest BCUT2D eigenvalue weighted by atomic mass is 16.4. The highest BCUT2D eigenvalue weighted by Crippen LogP contribution is 1.96. The van der Waals surface area contributed by atoms with Crippen molar-refractivity contribution in [2.75, 3.05) is 19.6 Å². The zero-order valence-corrected chi connectivity index (χ0v) is 7.99. The third-order valence-electron chi connectivity index (χ3n) is 1.85. The Balaban J connectivity index is 3.52. The summed E-state index contributed by atoms with van der Waals surface area (Å²) in [7, 11) is 0. The van der Waals surface area contributed by atoms with Crippen LogP contribution in [0.2, 0.25) is 0 Å². The Morgan fingerprint density at radius 3 is 2.69 bits per heavy atom. The van der Waals surface area contributed by atoms with Gasteiger partial charge in [0.25, 0.3) is 0 Å². The number of carboxylic acids is 1. The van der Waals surface area contributed by atoms with E-state index in [0.29, 0.717) is 13.0 Å². The Morgan fingerprint density at radius 1 is 1.54 bits per heavy atom. The van der Waals surface area contributed by atoms with Crippen LogP contribution in [0.5, 0.6) is 0 Å². The number of hydrogen-bond acceptors (Lipinski definition) is 3. The van der Waals surface area contributed by atoms with Crippen LogP contribution in [0.1, 0.15) is 26.2 Å². The van der Waals surface area contributed by atoms with E-state index in [1.165, 1.54) is 0 Å². The maximum atomic E-state index is 10.3. The van der Waals surface area contributed by atoms with E-state index in [0.717, 1.165) is 19.5 Å². The monoisotopic (exact) mass is 184 g/mol. The zero-order valence-electron chi connectivity index (χ0n) is 7.99. The molecule has 0 rings (SSSR count). The minimum absolute atomic E-state index is 0.181. The molecule has 0 aliphatic carbocycles. The lowest BCUT2D eigenvalue weighted by Gasteiger charge is -2.18. The van der Waals surface area contributed by atoms with Gasteiger partial charge < -0.3 is 10.0 Å². The van der Waals surface area contributed by atoms with E-state index in [4.69, 9.17) is 10.4 Å². The first-order valence-electron chi connectivity index (χ1n) is 4.51. The van der Waals surface area contributed by atoms with Crippen LogP contribution in [0, 0.1) is 11.3 Å². The molecular formula is C9H16N2O2. The summed E-state index contributed by atoms with van der Waals surface area (Å²) in [6.07, 6.45) is 1.55. The number of carboxylic acid groups (broad SMARTS) is 1. The Hall–Kier alpha value is -1.08. The van der Waals surface area contributed by atoms with Crippen LogP contribution in [0.3, 0.4) is 0 Å². The molecule has 0 radical (unpaired) electrons. The molecule has 0 heterocycles. The lowest BCUT2D eigenvalue weighted by molar-refractivity contribution is -0.137. The van der Waals surface area contributed by atoms with Crippen molar-refractivity contribution in [2.45, 2.75) is 26.2 Å². The normalized spacial score (nSPS) is 9.92. The molecule has 0 aliphatic rings. The fourth-order valence-corrected chi connectivity index (χ4v) is 1.06. The second-order valence-corrected chi connectivity index (χ2v) is 2.84. The highest BCUT2D eigenvalue weighted by molar-refractivity contribution is 5.66. The smallest absolute Gasteiger partial charge is 0.304 e. The molecular weight excluding hydrogens is 168 g/mol. The molecule has 0 amide bonds. The van der Waals surface area contributed by atoms with E-state index >= 15 is 0 Å². The van der Waals surface area contributed by atoms with Crippen molar-refractivity contribution < 1.29 is 9.90 Å². The van der Waals surface area contributed by atoms with Gasteiger partial charge in [-0.2, -0.15) is 5.26 Å². The molecule has 4 nitrogen and oxygen atoms in total. The molecule has 13 heavy (non-hydrogen) atoms. The van der Waals surface area contributed by atoms with Crippen LogP contribution in [0.25, 0.3) is 0 Å². The summed E-state index contributed by atoms with van der Waals surface area (Å²) in [5.74, 6) is -0.765. The van der Waals surface area contributed by atoms with E-state index in [9.17, 15) is 4.79 Å². The zero-order chi connectivity index (χ0) is 10.1. The molecule has 0 saturated carbocycles. The Bertz CT molecular complexity index is 187. The Labute approximate surface area is 78.8 Å². The number of carbonyl (C=O) groups is 1. The number of aliphatic carboxylic acids is 1. The topological polar surface area (TPSA) is 64.3 Å². The van der Waals surface area contributed by atoms with Gasteiger partial charge in [0.15, 0.2) is 0 Å². The number of rotatable bonds is 7. The summed E-state index contributed by atoms with van der Waals surface area (Å²) < 4.78 is 0. The van der Waals surface area contributed by atoms with Crippen LogP contribution in [0.4, 0.5) is 0 Å². The lowest BCUT2D eigenvalue weighted by Crippen LogP contribution is -2.27. The molecule has 0 aromatic carbocycles. The molecule has 74 valence electrons. The quantitative estimate of drug-likeness (QED) is 0.601. The van der Waals surface area contributed by atoms with Gasteiger partial charge in [0, 0.05) is 13.0 Å². The Kier molecular flexibility index (Phi) is 6.93. The molecule has 0 aromatic heterocycles. The minimum Gasteiger partial charge on any atom is -0.481 e. The first kappa shape index (κ1) is 11.9. The molecule has 0 spiro atoms. The average molecular weight is 184 g/mol. The van der Waals surface area contributed by atoms with Crippen molar-refractivity contribution in [2.24, 2.45) is 0 Å². The van der Waals surface area contributed by atoms with Crippen LogP contribution in [-0.4, -0.2) is 35.6 Å². The summed E-state index contributed by atoms with van der Waals surface area (Å²) in [5, 5.41) is 16.8. The van der Waals surface area contributed by atoms with Crippen molar-refractivity contribution in [3.8, 4) is 6.07 Å². The summed E-state index contributed by atoms with van der Waals surface area (Å²) in [5.41, 5.74) is 0. The van der Waals surface area contributed by atoms with Gasteiger partial charge in [-0.25, -0.2) is 0 Å². The standard InChI is InChI=1S/C9H16N2O2/c1-2-11(7-4-3-6-10)8-5-9(12)13/h2-5,7-8H2,1H3,(H,12,13). The molecule has 1 N–H and O–H groups in total. The first-order chi connectivity index (χ1) is 6.20. The average Bonchev–Trinajstić information content (AvgIpc) is 2.10. The number of nitrogens with zero attached hydrogens (tertiary/aromatic N) is 2. The second-order valence-electron chi connectivity index (χ2n) is 2.84. The highest BCUT2D eigenvalue weighted by Gasteiger charge is 2.04. The Morgan fingerprint density at radius 2 is 2.23 bits per heavy atom. The van der Waals surface area contributed by atoms with Crippen molar-refractivity contribution in [1.82, 2.24) is 4.90 Å². The van der Waals surface area contributed by atoms with Crippen molar-refractivity contribution in [3.63, 3.8) is 0 Å². The van der Waals surface area contributed by atoms with Crippen molar-refractivity contribution >= 4 is 5.97 Å². The van der Waals surface area contributed by atoms with Crippen LogP contribution < -0.4 is 0 Å². The molecule has 0 unspecified atom stereocenters. The number of unbranched alkanes of at least 4 members (excludes halogenated alkanes) is 1. The predicted molar refractivity (Wildman–Crippen MR) is 49.2 cm³/mol. The third kappa shape index (κ3) is 7.29. The first-order valence-corrected chi connectivity index (χ1v) is 4.51. The van der Waals surface area contributed by atoms with Crippen molar-refractivity contribution in [1.29, 1.82) is 5.26 Å². The maximum Gasteiger partial charge on any atom is 0.304 e. The van der Waals surface area contributed by atoms with Gasteiger partial charge in [0.1, 0.15) is 0 Å². The van der Waals surface area contributed by atoms with E-state index < -0.39 is 5.97 Å². The van der Waals surface area contributed by atoms with Gasteiger partial charge >= 0.3 is 5.97 Å². The van der Waals surface area contributed by atoms with E-state index in [-0.39, 0.29) is 6.42 Å². The molecule has 0 aliphatic heterocycles. The number of nitriles is 1. The van der Waals surface area contributed by atoms with E-state index in [1.807, 2.05) is 11.8 Å². The summed E-state index contributed by atoms with van der Waals surface area (Å²) in [6.45, 7) is 4.24. The molecule has 0 bridgehead atoms. The van der Waals surface area contributed by atoms with Gasteiger partial charge in [-0.15, -0.1) is 0 Å². The summed E-state index contributed by atoms with van der Waals surface area (Å²) in [6, 6.07) is 2.07. The fourth-order valence-electron chi connectivity index (χ4n) is 1.06. The van der Waals surface area contributed by atoms with Gasteiger partial charge in [-0.05, 0) is 19.5 Å². The SMILES string of the molecule is CCN(CCCC#N)CCC(=O)O. The maximum absolute atomic E-state index is 10.3. The van der Waals surface area contributed by atoms with E-state index in [2.05, 4.69) is 6.07 Å². The largest absolute Gasteiger partial charge is 0.481 e. The fraction of sp³-hybridized carbons (Fsp3) is 0.778. The van der Waals surface area contributed by atoms with Gasteiger partial charge in [0.05, 0.1) is 12.5 Å². The van der Waals surface area contributed by atoms with E-state index in [1.54, 1.807) is 0 Å². The van der Waals surface area contributed by atoms with Crippen molar-refractivity contribution in [3.05, 3.63) is 0 Å². The minimum atomic E-state index is -0.765. The lowest BCUT2D eigenvalue weighted by atomic mass is 10.3. The van der Waals surface area contributed by atoms with Gasteiger partial charge in [-0.3, -0.25) is 4.79 Å². The van der Waals surface area contributed by atoms with Crippen LogP contribution in [0.15, 0.2) is 0 Å². The molecule has 0 fully saturated rings. The molecule has 0 atom stereocenters. The van der Waals surface area contributed by atoms with Crippen LogP contribution in [-0.2, 0) is 4.79 Å². The van der Waals surface area contributed by atoms with Gasteiger partial charge in [-0.1, -0.05) is 6.92 Å².